The average Bonchev–Trinajstić information content (AvgIpc) is 2.61. The highest BCUT2D eigenvalue weighted by atomic mass is 16.5. The molecule has 2 unspecified atom stereocenters. The molecule has 0 saturated heterocycles. The Morgan fingerprint density at radius 1 is 1.20 bits per heavy atom. The van der Waals surface area contributed by atoms with Crippen LogP contribution in [-0.2, 0) is 9.53 Å². The van der Waals surface area contributed by atoms with E-state index in [-0.39, 0.29) is 5.91 Å². The third kappa shape index (κ3) is 5.74. The minimum Gasteiger partial charge on any atom is -0.494 e. The van der Waals surface area contributed by atoms with Gasteiger partial charge in [-0.1, -0.05) is 33.6 Å². The molecule has 4 heteroatoms. The number of ether oxygens (including phenoxy) is 2. The van der Waals surface area contributed by atoms with Gasteiger partial charge in [-0.15, -0.1) is 0 Å². The van der Waals surface area contributed by atoms with Gasteiger partial charge in [0, 0.05) is 12.3 Å². The molecule has 0 spiro atoms. The number of hydrogen-bond acceptors (Lipinski definition) is 3. The van der Waals surface area contributed by atoms with Crippen molar-refractivity contribution in [1.29, 1.82) is 0 Å². The highest BCUT2D eigenvalue weighted by molar-refractivity contribution is 5.97. The number of unbranched alkanes of at least 4 members (excludes halogenated alkanes) is 1. The van der Waals surface area contributed by atoms with Crippen LogP contribution in [0.1, 0.15) is 65.7 Å². The largest absolute Gasteiger partial charge is 0.494 e. The minimum absolute atomic E-state index is 0.00727. The Hall–Kier alpha value is -1.55. The van der Waals surface area contributed by atoms with E-state index in [1.807, 2.05) is 24.3 Å². The van der Waals surface area contributed by atoms with Gasteiger partial charge in [0.25, 0.3) is 5.91 Å². The molecular weight excluding hydrogens is 314 g/mol. The van der Waals surface area contributed by atoms with E-state index in [4.69, 9.17) is 9.47 Å². The summed E-state index contributed by atoms with van der Waals surface area (Å²) in [4.78, 5) is 13.0. The summed E-state index contributed by atoms with van der Waals surface area (Å²) in [5.41, 5.74) is 0.120. The number of nitrogens with one attached hydrogen (secondary N) is 1. The SMILES string of the molecule is CCCCOc1ccc(NC(=O)C2(OCCC)CCCC(C)C2)cc1. The molecule has 1 saturated carbocycles. The molecular formula is C21H33NO3. The summed E-state index contributed by atoms with van der Waals surface area (Å²) in [6.07, 6.45) is 6.92. The number of carbonyl (C=O) groups is 1. The van der Waals surface area contributed by atoms with Gasteiger partial charge < -0.3 is 14.8 Å². The summed E-state index contributed by atoms with van der Waals surface area (Å²) >= 11 is 0. The maximum absolute atomic E-state index is 13.0. The summed E-state index contributed by atoms with van der Waals surface area (Å²) in [6, 6.07) is 7.63. The van der Waals surface area contributed by atoms with Crippen molar-refractivity contribution in [3.8, 4) is 5.75 Å². The number of rotatable bonds is 9. The zero-order chi connectivity index (χ0) is 18.1. The maximum atomic E-state index is 13.0. The summed E-state index contributed by atoms with van der Waals surface area (Å²) in [5, 5.41) is 3.06. The lowest BCUT2D eigenvalue weighted by Gasteiger charge is -2.38. The van der Waals surface area contributed by atoms with Gasteiger partial charge in [-0.3, -0.25) is 4.79 Å². The van der Waals surface area contributed by atoms with E-state index < -0.39 is 5.60 Å². The van der Waals surface area contributed by atoms with E-state index in [1.165, 1.54) is 6.42 Å². The Kier molecular flexibility index (Phi) is 7.76. The number of benzene rings is 1. The van der Waals surface area contributed by atoms with Crippen LogP contribution in [0, 0.1) is 5.92 Å². The Morgan fingerprint density at radius 2 is 1.96 bits per heavy atom. The third-order valence-electron chi connectivity index (χ3n) is 4.83. The number of amides is 1. The van der Waals surface area contributed by atoms with E-state index in [9.17, 15) is 4.79 Å². The van der Waals surface area contributed by atoms with Crippen molar-refractivity contribution in [3.63, 3.8) is 0 Å². The lowest BCUT2D eigenvalue weighted by atomic mass is 9.78. The smallest absolute Gasteiger partial charge is 0.256 e. The second-order valence-corrected chi connectivity index (χ2v) is 7.22. The fourth-order valence-electron chi connectivity index (χ4n) is 3.42. The summed E-state index contributed by atoms with van der Waals surface area (Å²) in [6.45, 7) is 7.79. The fourth-order valence-corrected chi connectivity index (χ4v) is 3.42. The Balaban J connectivity index is 1.99. The quantitative estimate of drug-likeness (QED) is 0.626. The van der Waals surface area contributed by atoms with Gasteiger partial charge in [0.1, 0.15) is 11.4 Å². The highest BCUT2D eigenvalue weighted by Gasteiger charge is 2.42. The molecule has 0 radical (unpaired) electrons. The zero-order valence-corrected chi connectivity index (χ0v) is 16.0. The third-order valence-corrected chi connectivity index (χ3v) is 4.83. The van der Waals surface area contributed by atoms with E-state index >= 15 is 0 Å². The Morgan fingerprint density at radius 3 is 2.60 bits per heavy atom. The summed E-state index contributed by atoms with van der Waals surface area (Å²) in [7, 11) is 0. The molecule has 25 heavy (non-hydrogen) atoms. The fraction of sp³-hybridized carbons (Fsp3) is 0.667. The molecule has 2 atom stereocenters. The van der Waals surface area contributed by atoms with E-state index in [0.717, 1.165) is 56.6 Å². The van der Waals surface area contributed by atoms with Crippen molar-refractivity contribution in [3.05, 3.63) is 24.3 Å². The van der Waals surface area contributed by atoms with Crippen molar-refractivity contribution in [2.75, 3.05) is 18.5 Å². The zero-order valence-electron chi connectivity index (χ0n) is 16.0. The molecule has 1 aliphatic rings. The number of carbonyl (C=O) groups excluding carboxylic acids is 1. The molecule has 1 fully saturated rings. The minimum atomic E-state index is -0.677. The van der Waals surface area contributed by atoms with Crippen LogP contribution < -0.4 is 10.1 Å². The second kappa shape index (κ2) is 9.81. The number of anilines is 1. The Labute approximate surface area is 152 Å². The Bertz CT molecular complexity index is 528. The van der Waals surface area contributed by atoms with Crippen LogP contribution >= 0.6 is 0 Å². The molecule has 4 nitrogen and oxygen atoms in total. The highest BCUT2D eigenvalue weighted by Crippen LogP contribution is 2.36. The molecule has 2 rings (SSSR count). The van der Waals surface area contributed by atoms with Crippen molar-refractivity contribution in [1.82, 2.24) is 0 Å². The second-order valence-electron chi connectivity index (χ2n) is 7.22. The summed E-state index contributed by atoms with van der Waals surface area (Å²) in [5.74, 6) is 1.35. The standard InChI is InChI=1S/C21H33NO3/c1-4-6-15-24-19-11-9-18(10-12-19)22-20(23)21(25-14-5-2)13-7-8-17(3)16-21/h9-12,17H,4-8,13-16H2,1-3H3,(H,22,23). The first-order valence-corrected chi connectivity index (χ1v) is 9.78. The average molecular weight is 347 g/mol. The van der Waals surface area contributed by atoms with Crippen molar-refractivity contribution in [2.24, 2.45) is 5.92 Å². The summed E-state index contributed by atoms with van der Waals surface area (Å²) < 4.78 is 11.7. The molecule has 0 aromatic heterocycles. The molecule has 0 heterocycles. The van der Waals surface area contributed by atoms with Gasteiger partial charge in [-0.05, 0) is 62.3 Å². The molecule has 140 valence electrons. The molecule has 0 aliphatic heterocycles. The lowest BCUT2D eigenvalue weighted by molar-refractivity contribution is -0.148. The predicted molar refractivity (Wildman–Crippen MR) is 102 cm³/mol. The molecule has 1 N–H and O–H groups in total. The van der Waals surface area contributed by atoms with Gasteiger partial charge in [-0.2, -0.15) is 0 Å². The monoisotopic (exact) mass is 347 g/mol. The molecule has 1 amide bonds. The van der Waals surface area contributed by atoms with Gasteiger partial charge in [0.05, 0.1) is 6.61 Å². The molecule has 1 aromatic rings. The van der Waals surface area contributed by atoms with Crippen molar-refractivity contribution in [2.45, 2.75) is 71.3 Å². The first kappa shape index (κ1) is 19.8. The van der Waals surface area contributed by atoms with Gasteiger partial charge in [0.15, 0.2) is 0 Å². The van der Waals surface area contributed by atoms with Crippen molar-refractivity contribution >= 4 is 11.6 Å². The van der Waals surface area contributed by atoms with Crippen LogP contribution in [0.4, 0.5) is 5.69 Å². The van der Waals surface area contributed by atoms with Crippen LogP contribution in [0.5, 0.6) is 5.75 Å². The van der Waals surface area contributed by atoms with Gasteiger partial charge in [0.2, 0.25) is 0 Å². The van der Waals surface area contributed by atoms with E-state index in [1.54, 1.807) is 0 Å². The van der Waals surface area contributed by atoms with Crippen LogP contribution in [0.2, 0.25) is 0 Å². The number of hydrogen-bond donors (Lipinski definition) is 1. The van der Waals surface area contributed by atoms with Gasteiger partial charge >= 0.3 is 0 Å². The van der Waals surface area contributed by atoms with Gasteiger partial charge in [-0.25, -0.2) is 0 Å². The van der Waals surface area contributed by atoms with E-state index in [0.29, 0.717) is 12.5 Å². The van der Waals surface area contributed by atoms with Crippen molar-refractivity contribution < 1.29 is 14.3 Å². The molecule has 1 aromatic carbocycles. The molecule has 0 bridgehead atoms. The first-order valence-electron chi connectivity index (χ1n) is 9.78. The lowest BCUT2D eigenvalue weighted by Crippen LogP contribution is -2.48. The van der Waals surface area contributed by atoms with Crippen LogP contribution in [0.3, 0.4) is 0 Å². The van der Waals surface area contributed by atoms with E-state index in [2.05, 4.69) is 26.1 Å². The predicted octanol–water partition coefficient (Wildman–Crippen LogP) is 5.18. The maximum Gasteiger partial charge on any atom is 0.256 e. The van der Waals surface area contributed by atoms with Crippen LogP contribution in [0.25, 0.3) is 0 Å². The first-order chi connectivity index (χ1) is 12.1. The molecule has 1 aliphatic carbocycles. The van der Waals surface area contributed by atoms with Crippen LogP contribution in [0.15, 0.2) is 24.3 Å². The normalized spacial score (nSPS) is 23.2. The topological polar surface area (TPSA) is 47.6 Å². The van der Waals surface area contributed by atoms with Crippen LogP contribution in [-0.4, -0.2) is 24.7 Å².